The Kier molecular flexibility index (Phi) is 7.88. The zero-order chi connectivity index (χ0) is 26.0. The van der Waals surface area contributed by atoms with Crippen molar-refractivity contribution in [3.05, 3.63) is 70.9 Å². The molecule has 194 valence electrons. The Hall–Kier alpha value is -2.67. The number of ether oxygens (including phenoxy) is 1. The number of para-hydroxylation sites is 1. The van der Waals surface area contributed by atoms with E-state index >= 15 is 0 Å². The Morgan fingerprint density at radius 3 is 2.28 bits per heavy atom. The van der Waals surface area contributed by atoms with Crippen molar-refractivity contribution in [2.75, 3.05) is 33.3 Å². The topological polar surface area (TPSA) is 57.9 Å². The summed E-state index contributed by atoms with van der Waals surface area (Å²) in [5, 5.41) is 11.6. The largest absolute Gasteiger partial charge is 0.465 e. The van der Waals surface area contributed by atoms with Gasteiger partial charge in [-0.2, -0.15) is 0 Å². The van der Waals surface area contributed by atoms with Crippen molar-refractivity contribution in [2.45, 2.75) is 65.3 Å². The number of carbonyl (C=O) groups is 1. The summed E-state index contributed by atoms with van der Waals surface area (Å²) in [7, 11) is 1.41. The Labute approximate surface area is 215 Å². The van der Waals surface area contributed by atoms with Gasteiger partial charge >= 0.3 is 5.97 Å². The lowest BCUT2D eigenvalue weighted by molar-refractivity contribution is -0.0287. The quantitative estimate of drug-likeness (QED) is 0.471. The van der Waals surface area contributed by atoms with Gasteiger partial charge in [-0.15, -0.1) is 0 Å². The van der Waals surface area contributed by atoms with Crippen LogP contribution < -0.4 is 0 Å². The molecule has 1 aromatic heterocycles. The molecule has 1 N–H and O–H groups in total. The summed E-state index contributed by atoms with van der Waals surface area (Å²) in [4.78, 5) is 16.8. The van der Waals surface area contributed by atoms with Crippen LogP contribution in [0.3, 0.4) is 0 Å². The minimum absolute atomic E-state index is 0.307. The summed E-state index contributed by atoms with van der Waals surface area (Å²) in [6.07, 6.45) is 0.824. The van der Waals surface area contributed by atoms with Gasteiger partial charge in [-0.3, -0.25) is 9.80 Å². The Morgan fingerprint density at radius 2 is 1.67 bits per heavy atom. The van der Waals surface area contributed by atoms with Crippen LogP contribution in [0.25, 0.3) is 10.9 Å². The average molecular weight is 492 g/mol. The summed E-state index contributed by atoms with van der Waals surface area (Å²) in [5.41, 5.74) is 4.99. The third kappa shape index (κ3) is 5.83. The first-order valence-electron chi connectivity index (χ1n) is 13.0. The smallest absolute Gasteiger partial charge is 0.337 e. The highest BCUT2D eigenvalue weighted by atomic mass is 16.5. The number of hydrogen-bond donors (Lipinski definition) is 1. The van der Waals surface area contributed by atoms with Crippen molar-refractivity contribution in [1.82, 2.24) is 14.4 Å². The molecule has 0 aliphatic carbocycles. The maximum atomic E-state index is 11.8. The van der Waals surface area contributed by atoms with Gasteiger partial charge in [0.1, 0.15) is 0 Å². The van der Waals surface area contributed by atoms with Gasteiger partial charge in [-0.25, -0.2) is 4.79 Å². The van der Waals surface area contributed by atoms with Gasteiger partial charge in [-0.1, -0.05) is 30.3 Å². The molecule has 0 saturated carbocycles. The van der Waals surface area contributed by atoms with Crippen molar-refractivity contribution >= 4 is 16.9 Å². The molecule has 0 unspecified atom stereocenters. The van der Waals surface area contributed by atoms with E-state index in [9.17, 15) is 9.90 Å². The van der Waals surface area contributed by atoms with Crippen LogP contribution in [0.15, 0.2) is 48.5 Å². The van der Waals surface area contributed by atoms with E-state index in [4.69, 9.17) is 4.74 Å². The molecule has 0 spiro atoms. The molecule has 0 bridgehead atoms. The third-order valence-electron chi connectivity index (χ3n) is 7.50. The number of aliphatic hydroxyl groups is 1. The van der Waals surface area contributed by atoms with Crippen molar-refractivity contribution < 1.29 is 14.6 Å². The number of fused-ring (bicyclic) bond motifs is 1. The summed E-state index contributed by atoms with van der Waals surface area (Å²) < 4.78 is 7.30. The standard InChI is InChI=1S/C30H41N3O3/c1-21-18-31(19-22(2)33(21)20-30(4,5)35)15-16-32-23(3)27(26-9-7-8-10-28(26)32)17-24-11-13-25(14-12-24)29(34)36-6/h7-14,21-22,35H,15-20H2,1-6H3/t21-,22+. The Morgan fingerprint density at radius 1 is 1.03 bits per heavy atom. The fourth-order valence-corrected chi connectivity index (χ4v) is 5.74. The molecule has 1 aliphatic rings. The van der Waals surface area contributed by atoms with E-state index in [2.05, 4.69) is 59.4 Å². The van der Waals surface area contributed by atoms with E-state index in [-0.39, 0.29) is 5.97 Å². The molecule has 1 saturated heterocycles. The lowest BCUT2D eigenvalue weighted by atomic mass is 10.0. The zero-order valence-corrected chi connectivity index (χ0v) is 22.6. The van der Waals surface area contributed by atoms with Gasteiger partial charge in [0.05, 0.1) is 18.3 Å². The molecule has 1 fully saturated rings. The maximum Gasteiger partial charge on any atom is 0.337 e. The van der Waals surface area contributed by atoms with E-state index in [1.165, 1.54) is 34.8 Å². The van der Waals surface area contributed by atoms with Crippen LogP contribution in [0, 0.1) is 6.92 Å². The van der Waals surface area contributed by atoms with E-state index in [0.717, 1.165) is 32.6 Å². The minimum Gasteiger partial charge on any atom is -0.465 e. The maximum absolute atomic E-state index is 11.8. The fourth-order valence-electron chi connectivity index (χ4n) is 5.74. The number of nitrogens with zero attached hydrogens (tertiary/aromatic N) is 3. The van der Waals surface area contributed by atoms with Gasteiger partial charge < -0.3 is 14.4 Å². The molecular weight excluding hydrogens is 450 g/mol. The molecule has 36 heavy (non-hydrogen) atoms. The average Bonchev–Trinajstić information content (AvgIpc) is 3.10. The molecule has 2 aromatic carbocycles. The number of hydrogen-bond acceptors (Lipinski definition) is 5. The van der Waals surface area contributed by atoms with Crippen LogP contribution >= 0.6 is 0 Å². The molecule has 3 aromatic rings. The number of carbonyl (C=O) groups excluding carboxylic acids is 1. The molecule has 0 amide bonds. The number of piperazine rings is 1. The van der Waals surface area contributed by atoms with Gasteiger partial charge in [-0.05, 0) is 70.4 Å². The van der Waals surface area contributed by atoms with Crippen LogP contribution in [-0.2, 0) is 17.7 Å². The van der Waals surface area contributed by atoms with Crippen LogP contribution in [0.2, 0.25) is 0 Å². The molecule has 6 heteroatoms. The van der Waals surface area contributed by atoms with Gasteiger partial charge in [0.15, 0.2) is 0 Å². The number of benzene rings is 2. The van der Waals surface area contributed by atoms with Crippen LogP contribution in [-0.4, -0.2) is 76.4 Å². The molecular formula is C30H41N3O3. The highest BCUT2D eigenvalue weighted by molar-refractivity contribution is 5.89. The Balaban J connectivity index is 1.50. The first-order valence-corrected chi connectivity index (χ1v) is 13.0. The molecule has 4 rings (SSSR count). The number of esters is 1. The van der Waals surface area contributed by atoms with Gasteiger partial charge in [0.2, 0.25) is 0 Å². The predicted molar refractivity (Wildman–Crippen MR) is 146 cm³/mol. The van der Waals surface area contributed by atoms with Gasteiger partial charge in [0.25, 0.3) is 0 Å². The lowest BCUT2D eigenvalue weighted by Gasteiger charge is -2.46. The first-order chi connectivity index (χ1) is 17.1. The molecule has 1 aliphatic heterocycles. The van der Waals surface area contributed by atoms with Crippen LogP contribution in [0.1, 0.15) is 54.9 Å². The summed E-state index contributed by atoms with van der Waals surface area (Å²) in [5.74, 6) is -0.307. The van der Waals surface area contributed by atoms with E-state index in [0.29, 0.717) is 24.2 Å². The second kappa shape index (κ2) is 10.8. The Bertz CT molecular complexity index is 1180. The summed E-state index contributed by atoms with van der Waals surface area (Å²) in [6, 6.07) is 17.2. The molecule has 6 nitrogen and oxygen atoms in total. The molecule has 2 atom stereocenters. The van der Waals surface area contributed by atoms with E-state index < -0.39 is 5.60 Å². The van der Waals surface area contributed by atoms with E-state index in [1.54, 1.807) is 0 Å². The number of aromatic nitrogens is 1. The zero-order valence-electron chi connectivity index (χ0n) is 22.6. The second-order valence-electron chi connectivity index (χ2n) is 11.0. The molecule has 2 heterocycles. The minimum atomic E-state index is -0.679. The number of methoxy groups -OCH3 is 1. The molecule has 0 radical (unpaired) electrons. The third-order valence-corrected chi connectivity index (χ3v) is 7.50. The first kappa shape index (κ1) is 26.4. The summed E-state index contributed by atoms with van der Waals surface area (Å²) in [6.45, 7) is 15.2. The van der Waals surface area contributed by atoms with Crippen molar-refractivity contribution in [1.29, 1.82) is 0 Å². The fraction of sp³-hybridized carbons (Fsp3) is 0.500. The predicted octanol–water partition coefficient (Wildman–Crippen LogP) is 4.49. The lowest BCUT2D eigenvalue weighted by Crippen LogP contribution is -2.59. The van der Waals surface area contributed by atoms with Crippen LogP contribution in [0.5, 0.6) is 0 Å². The second-order valence-corrected chi connectivity index (χ2v) is 11.0. The highest BCUT2D eigenvalue weighted by Gasteiger charge is 2.32. The van der Waals surface area contributed by atoms with Crippen LogP contribution in [0.4, 0.5) is 0 Å². The van der Waals surface area contributed by atoms with Crippen molar-refractivity contribution in [3.8, 4) is 0 Å². The number of rotatable bonds is 8. The normalized spacial score (nSPS) is 19.6. The van der Waals surface area contributed by atoms with Crippen molar-refractivity contribution in [2.24, 2.45) is 0 Å². The highest BCUT2D eigenvalue weighted by Crippen LogP contribution is 2.29. The SMILES string of the molecule is COC(=O)c1ccc(Cc2c(C)n(CCN3C[C@@H](C)N(CC(C)(C)O)[C@@H](C)C3)c3ccccc23)cc1. The monoisotopic (exact) mass is 491 g/mol. The number of β-amino-alcohol motifs (C(OH)–C–C–N with tert-alkyl or cyclic N) is 1. The van der Waals surface area contributed by atoms with E-state index in [1.807, 2.05) is 38.1 Å². The van der Waals surface area contributed by atoms with Crippen molar-refractivity contribution in [3.63, 3.8) is 0 Å². The van der Waals surface area contributed by atoms with Gasteiger partial charge in [0, 0.05) is 61.4 Å². The summed E-state index contributed by atoms with van der Waals surface area (Å²) >= 11 is 0.